The zero-order valence-electron chi connectivity index (χ0n) is 12.7. The number of likely N-dealkylation sites (tertiary alicyclic amines) is 1. The normalized spacial score (nSPS) is 21.3. The molecule has 1 rings (SSSR count). The second kappa shape index (κ2) is 6.94. The highest BCUT2D eigenvalue weighted by molar-refractivity contribution is 5.68. The van der Waals surface area contributed by atoms with Crippen molar-refractivity contribution in [1.82, 2.24) is 10.2 Å². The Labute approximate surface area is 117 Å². The highest BCUT2D eigenvalue weighted by atomic mass is 16.6. The molecule has 0 radical (unpaired) electrons. The summed E-state index contributed by atoms with van der Waals surface area (Å²) in [5, 5.41) is 3.47. The molecule has 1 saturated heterocycles. The molecule has 0 aromatic rings. The van der Waals surface area contributed by atoms with Crippen molar-refractivity contribution in [3.05, 3.63) is 12.7 Å². The molecule has 2 unspecified atom stereocenters. The molecule has 0 aromatic carbocycles. The van der Waals surface area contributed by atoms with Crippen LogP contribution in [0.3, 0.4) is 0 Å². The smallest absolute Gasteiger partial charge is 0.410 e. The summed E-state index contributed by atoms with van der Waals surface area (Å²) in [7, 11) is 0. The van der Waals surface area contributed by atoms with Crippen LogP contribution in [-0.4, -0.2) is 42.3 Å². The summed E-state index contributed by atoms with van der Waals surface area (Å²) in [5.74, 6) is 0.441. The number of nitrogens with zero attached hydrogens (tertiary/aromatic N) is 1. The molecule has 1 heterocycles. The Kier molecular flexibility index (Phi) is 5.85. The third-order valence-corrected chi connectivity index (χ3v) is 3.27. The van der Waals surface area contributed by atoms with E-state index in [1.54, 1.807) is 4.90 Å². The van der Waals surface area contributed by atoms with Crippen LogP contribution in [0.5, 0.6) is 0 Å². The number of amides is 1. The van der Waals surface area contributed by atoms with Crippen molar-refractivity contribution < 1.29 is 9.53 Å². The lowest BCUT2D eigenvalue weighted by atomic mass is 9.99. The molecule has 1 aliphatic rings. The van der Waals surface area contributed by atoms with E-state index in [9.17, 15) is 4.79 Å². The van der Waals surface area contributed by atoms with Gasteiger partial charge in [0.2, 0.25) is 0 Å². The van der Waals surface area contributed by atoms with Gasteiger partial charge in [-0.15, -0.1) is 6.58 Å². The molecule has 4 heteroatoms. The van der Waals surface area contributed by atoms with Crippen molar-refractivity contribution in [3.63, 3.8) is 0 Å². The maximum absolute atomic E-state index is 12.0. The van der Waals surface area contributed by atoms with E-state index in [1.807, 2.05) is 26.8 Å². The van der Waals surface area contributed by atoms with Crippen LogP contribution in [0.25, 0.3) is 0 Å². The predicted molar refractivity (Wildman–Crippen MR) is 78.2 cm³/mol. The third-order valence-electron chi connectivity index (χ3n) is 3.27. The Morgan fingerprint density at radius 3 is 2.79 bits per heavy atom. The van der Waals surface area contributed by atoms with Gasteiger partial charge in [0.05, 0.1) is 0 Å². The first-order valence-corrected chi connectivity index (χ1v) is 7.21. The van der Waals surface area contributed by atoms with E-state index < -0.39 is 5.60 Å². The van der Waals surface area contributed by atoms with Gasteiger partial charge in [-0.05, 0) is 46.1 Å². The molecule has 110 valence electrons. The zero-order valence-corrected chi connectivity index (χ0v) is 12.7. The van der Waals surface area contributed by atoms with E-state index in [1.165, 1.54) is 0 Å². The number of rotatable bonds is 5. The minimum Gasteiger partial charge on any atom is -0.444 e. The van der Waals surface area contributed by atoms with Gasteiger partial charge in [-0.2, -0.15) is 0 Å². The van der Waals surface area contributed by atoms with Crippen LogP contribution < -0.4 is 5.32 Å². The molecule has 0 aliphatic carbocycles. The number of hydrogen-bond acceptors (Lipinski definition) is 3. The van der Waals surface area contributed by atoms with Crippen LogP contribution in [0.1, 0.15) is 40.5 Å². The van der Waals surface area contributed by atoms with Gasteiger partial charge in [-0.3, -0.25) is 0 Å². The van der Waals surface area contributed by atoms with E-state index in [0.29, 0.717) is 5.92 Å². The van der Waals surface area contributed by atoms with Crippen molar-refractivity contribution >= 4 is 6.09 Å². The number of nitrogens with one attached hydrogen (secondary N) is 1. The van der Waals surface area contributed by atoms with E-state index in [4.69, 9.17) is 4.74 Å². The van der Waals surface area contributed by atoms with Crippen LogP contribution in [0, 0.1) is 5.92 Å². The van der Waals surface area contributed by atoms with Crippen molar-refractivity contribution in [2.45, 2.75) is 52.2 Å². The molecule has 0 spiro atoms. The van der Waals surface area contributed by atoms with Crippen molar-refractivity contribution in [1.29, 1.82) is 0 Å². The lowest BCUT2D eigenvalue weighted by Gasteiger charge is -2.25. The Hall–Kier alpha value is -1.03. The molecule has 0 bridgehead atoms. The first-order valence-electron chi connectivity index (χ1n) is 7.21. The molecule has 0 aromatic heterocycles. The third kappa shape index (κ3) is 5.23. The number of carbonyl (C=O) groups excluding carboxylic acids is 1. The maximum atomic E-state index is 12.0. The van der Waals surface area contributed by atoms with Gasteiger partial charge < -0.3 is 15.0 Å². The van der Waals surface area contributed by atoms with Gasteiger partial charge in [0.25, 0.3) is 0 Å². The summed E-state index contributed by atoms with van der Waals surface area (Å²) in [6, 6.07) is 0.285. The van der Waals surface area contributed by atoms with E-state index in [2.05, 4.69) is 18.8 Å². The Balaban J connectivity index is 2.48. The summed E-state index contributed by atoms with van der Waals surface area (Å²) < 4.78 is 5.41. The fourth-order valence-corrected chi connectivity index (χ4v) is 2.33. The fraction of sp³-hybridized carbons (Fsp3) is 0.800. The first-order chi connectivity index (χ1) is 8.87. The molecule has 1 aliphatic heterocycles. The van der Waals surface area contributed by atoms with Crippen LogP contribution in [-0.2, 0) is 4.74 Å². The van der Waals surface area contributed by atoms with Crippen molar-refractivity contribution in [2.24, 2.45) is 5.92 Å². The maximum Gasteiger partial charge on any atom is 0.410 e. The summed E-state index contributed by atoms with van der Waals surface area (Å²) in [6.07, 6.45) is 3.87. The highest BCUT2D eigenvalue weighted by Gasteiger charge is 2.32. The largest absolute Gasteiger partial charge is 0.444 e. The number of ether oxygens (including phenoxy) is 1. The summed E-state index contributed by atoms with van der Waals surface area (Å²) in [5.41, 5.74) is -0.423. The zero-order chi connectivity index (χ0) is 14.5. The first kappa shape index (κ1) is 16.0. The average Bonchev–Trinajstić information content (AvgIpc) is 2.77. The minimum absolute atomic E-state index is 0.201. The van der Waals surface area contributed by atoms with E-state index in [-0.39, 0.29) is 12.1 Å². The molecular formula is C15H28N2O2. The lowest BCUT2D eigenvalue weighted by Crippen LogP contribution is -2.39. The van der Waals surface area contributed by atoms with E-state index in [0.717, 1.165) is 32.5 Å². The number of hydrogen-bond donors (Lipinski definition) is 1. The lowest BCUT2D eigenvalue weighted by molar-refractivity contribution is 0.0287. The van der Waals surface area contributed by atoms with Crippen LogP contribution in [0.15, 0.2) is 12.7 Å². The average molecular weight is 268 g/mol. The summed E-state index contributed by atoms with van der Waals surface area (Å²) >= 11 is 0. The van der Waals surface area contributed by atoms with Gasteiger partial charge in [0.15, 0.2) is 0 Å². The molecule has 19 heavy (non-hydrogen) atoms. The Morgan fingerprint density at radius 1 is 1.58 bits per heavy atom. The second-order valence-corrected chi connectivity index (χ2v) is 6.19. The molecule has 2 atom stereocenters. The standard InChI is InChI=1S/C15H28N2O2/c1-6-9-16-13(7-2)12-8-10-17(11-12)14(18)19-15(3,4)5/h7,12-13,16H,2,6,8-11H2,1,3-5H3. The number of carbonyl (C=O) groups is 1. The highest BCUT2D eigenvalue weighted by Crippen LogP contribution is 2.22. The van der Waals surface area contributed by atoms with Gasteiger partial charge in [0, 0.05) is 19.1 Å². The predicted octanol–water partition coefficient (Wildman–Crippen LogP) is 2.80. The van der Waals surface area contributed by atoms with Crippen molar-refractivity contribution in [2.75, 3.05) is 19.6 Å². The SMILES string of the molecule is C=CC(NCCC)C1CCN(C(=O)OC(C)(C)C)C1. The summed E-state index contributed by atoms with van der Waals surface area (Å²) in [6.45, 7) is 14.2. The van der Waals surface area contributed by atoms with Gasteiger partial charge >= 0.3 is 6.09 Å². The minimum atomic E-state index is -0.423. The van der Waals surface area contributed by atoms with Crippen LogP contribution in [0.2, 0.25) is 0 Å². The van der Waals surface area contributed by atoms with Gasteiger partial charge in [-0.1, -0.05) is 13.0 Å². The second-order valence-electron chi connectivity index (χ2n) is 6.19. The summed E-state index contributed by atoms with van der Waals surface area (Å²) in [4.78, 5) is 13.8. The van der Waals surface area contributed by atoms with E-state index >= 15 is 0 Å². The molecule has 1 fully saturated rings. The van der Waals surface area contributed by atoms with Crippen LogP contribution in [0.4, 0.5) is 4.79 Å². The molecule has 1 N–H and O–H groups in total. The van der Waals surface area contributed by atoms with Crippen LogP contribution >= 0.6 is 0 Å². The Morgan fingerprint density at radius 2 is 2.26 bits per heavy atom. The monoisotopic (exact) mass is 268 g/mol. The molecule has 4 nitrogen and oxygen atoms in total. The molecule has 1 amide bonds. The topological polar surface area (TPSA) is 41.6 Å². The van der Waals surface area contributed by atoms with Crippen molar-refractivity contribution in [3.8, 4) is 0 Å². The quantitative estimate of drug-likeness (QED) is 0.780. The fourth-order valence-electron chi connectivity index (χ4n) is 2.33. The van der Waals surface area contributed by atoms with Gasteiger partial charge in [-0.25, -0.2) is 4.79 Å². The Bertz CT molecular complexity index is 310. The van der Waals surface area contributed by atoms with Gasteiger partial charge in [0.1, 0.15) is 5.60 Å². The molecule has 0 saturated carbocycles. The molecular weight excluding hydrogens is 240 g/mol.